The number of benzene rings is 1. The van der Waals surface area contributed by atoms with Crippen molar-refractivity contribution in [2.45, 2.75) is 32.2 Å². The summed E-state index contributed by atoms with van der Waals surface area (Å²) < 4.78 is 0. The molecule has 0 bridgehead atoms. The van der Waals surface area contributed by atoms with E-state index >= 15 is 0 Å². The minimum Gasteiger partial charge on any atom is -0.313 e. The highest BCUT2D eigenvalue weighted by molar-refractivity contribution is 5.25. The van der Waals surface area contributed by atoms with Gasteiger partial charge in [0.1, 0.15) is 0 Å². The SMILES string of the molecule is Cc1ccccc1CCN(C)CC1CCCN1. The zero-order valence-corrected chi connectivity index (χ0v) is 11.1. The maximum absolute atomic E-state index is 3.56. The molecule has 0 radical (unpaired) electrons. The molecule has 1 aromatic rings. The van der Waals surface area contributed by atoms with Crippen LogP contribution in [0.25, 0.3) is 0 Å². The summed E-state index contributed by atoms with van der Waals surface area (Å²) in [5, 5.41) is 3.56. The van der Waals surface area contributed by atoms with Crippen LogP contribution in [0.5, 0.6) is 0 Å². The summed E-state index contributed by atoms with van der Waals surface area (Å²) in [6, 6.07) is 9.42. The molecule has 17 heavy (non-hydrogen) atoms. The lowest BCUT2D eigenvalue weighted by atomic mass is 10.1. The Bertz CT molecular complexity index is 343. The molecule has 94 valence electrons. The Labute approximate surface area is 105 Å². The van der Waals surface area contributed by atoms with Gasteiger partial charge >= 0.3 is 0 Å². The van der Waals surface area contributed by atoms with Crippen molar-refractivity contribution in [1.29, 1.82) is 0 Å². The Balaban J connectivity index is 1.75. The standard InChI is InChI=1S/C15H24N2/c1-13-6-3-4-7-14(13)9-11-17(2)12-15-8-5-10-16-15/h3-4,6-7,15-16H,5,8-12H2,1-2H3. The molecule has 1 aliphatic rings. The largest absolute Gasteiger partial charge is 0.313 e. The molecule has 1 N–H and O–H groups in total. The van der Waals surface area contributed by atoms with E-state index in [1.807, 2.05) is 0 Å². The van der Waals surface area contributed by atoms with Crippen LogP contribution in [0.3, 0.4) is 0 Å². The summed E-state index contributed by atoms with van der Waals surface area (Å²) in [6.45, 7) is 5.75. The van der Waals surface area contributed by atoms with Crippen molar-refractivity contribution in [1.82, 2.24) is 10.2 Å². The Morgan fingerprint density at radius 3 is 2.88 bits per heavy atom. The number of nitrogens with zero attached hydrogens (tertiary/aromatic N) is 1. The quantitative estimate of drug-likeness (QED) is 0.837. The maximum Gasteiger partial charge on any atom is 0.0195 e. The van der Waals surface area contributed by atoms with Crippen molar-refractivity contribution < 1.29 is 0 Å². The van der Waals surface area contributed by atoms with Gasteiger partial charge in [0, 0.05) is 19.1 Å². The van der Waals surface area contributed by atoms with Crippen LogP contribution in [-0.4, -0.2) is 37.6 Å². The highest BCUT2D eigenvalue weighted by Crippen LogP contribution is 2.09. The molecule has 1 aliphatic heterocycles. The summed E-state index contributed by atoms with van der Waals surface area (Å²) in [4.78, 5) is 2.45. The molecule has 2 rings (SSSR count). The predicted molar refractivity (Wildman–Crippen MR) is 73.4 cm³/mol. The second-order valence-electron chi connectivity index (χ2n) is 5.23. The number of likely N-dealkylation sites (N-methyl/N-ethyl adjacent to an activating group) is 1. The Kier molecular flexibility index (Phi) is 4.57. The second kappa shape index (κ2) is 6.18. The molecule has 2 nitrogen and oxygen atoms in total. The first-order valence-corrected chi connectivity index (χ1v) is 6.72. The van der Waals surface area contributed by atoms with Gasteiger partial charge < -0.3 is 10.2 Å². The third-order valence-corrected chi connectivity index (χ3v) is 3.72. The van der Waals surface area contributed by atoms with Crippen LogP contribution in [0.4, 0.5) is 0 Å². The van der Waals surface area contributed by atoms with Gasteiger partial charge in [0.2, 0.25) is 0 Å². The van der Waals surface area contributed by atoms with E-state index < -0.39 is 0 Å². The van der Waals surface area contributed by atoms with E-state index in [0.717, 1.165) is 19.0 Å². The molecule has 0 aliphatic carbocycles. The first-order valence-electron chi connectivity index (χ1n) is 6.72. The maximum atomic E-state index is 3.56. The smallest absolute Gasteiger partial charge is 0.0195 e. The molecule has 0 aromatic heterocycles. The summed E-state index contributed by atoms with van der Waals surface area (Å²) in [5.74, 6) is 0. The minimum atomic E-state index is 0.719. The average molecular weight is 232 g/mol. The topological polar surface area (TPSA) is 15.3 Å². The molecule has 2 heteroatoms. The predicted octanol–water partition coefficient (Wildman–Crippen LogP) is 2.22. The molecular weight excluding hydrogens is 208 g/mol. The van der Waals surface area contributed by atoms with E-state index in [0.29, 0.717) is 0 Å². The summed E-state index contributed by atoms with van der Waals surface area (Å²) in [7, 11) is 2.23. The van der Waals surface area contributed by atoms with Gasteiger partial charge in [-0.2, -0.15) is 0 Å². The van der Waals surface area contributed by atoms with Crippen LogP contribution in [0.1, 0.15) is 24.0 Å². The number of hydrogen-bond donors (Lipinski definition) is 1. The van der Waals surface area contributed by atoms with E-state index in [9.17, 15) is 0 Å². The van der Waals surface area contributed by atoms with Crippen LogP contribution in [0.15, 0.2) is 24.3 Å². The molecule has 1 aromatic carbocycles. The molecule has 0 spiro atoms. The van der Waals surface area contributed by atoms with Crippen molar-refractivity contribution in [3.05, 3.63) is 35.4 Å². The minimum absolute atomic E-state index is 0.719. The summed E-state index contributed by atoms with van der Waals surface area (Å²) in [5.41, 5.74) is 2.90. The van der Waals surface area contributed by atoms with Crippen LogP contribution < -0.4 is 5.32 Å². The Morgan fingerprint density at radius 2 is 2.18 bits per heavy atom. The molecule has 1 heterocycles. The Hall–Kier alpha value is -0.860. The molecular formula is C15H24N2. The summed E-state index contributed by atoms with van der Waals surface area (Å²) >= 11 is 0. The molecule has 1 fully saturated rings. The van der Waals surface area contributed by atoms with Gasteiger partial charge in [0.25, 0.3) is 0 Å². The van der Waals surface area contributed by atoms with Gasteiger partial charge in [-0.3, -0.25) is 0 Å². The van der Waals surface area contributed by atoms with Crippen molar-refractivity contribution >= 4 is 0 Å². The first-order chi connectivity index (χ1) is 8.25. The zero-order valence-electron chi connectivity index (χ0n) is 11.1. The van der Waals surface area contributed by atoms with Gasteiger partial charge in [-0.25, -0.2) is 0 Å². The van der Waals surface area contributed by atoms with E-state index in [2.05, 4.69) is 48.5 Å². The lowest BCUT2D eigenvalue weighted by molar-refractivity contribution is 0.303. The van der Waals surface area contributed by atoms with Crippen molar-refractivity contribution in [3.8, 4) is 0 Å². The van der Waals surface area contributed by atoms with Crippen LogP contribution in [-0.2, 0) is 6.42 Å². The molecule has 1 unspecified atom stereocenters. The highest BCUT2D eigenvalue weighted by atomic mass is 15.1. The Morgan fingerprint density at radius 1 is 1.35 bits per heavy atom. The highest BCUT2D eigenvalue weighted by Gasteiger charge is 2.15. The van der Waals surface area contributed by atoms with Gasteiger partial charge in [0.05, 0.1) is 0 Å². The van der Waals surface area contributed by atoms with Gasteiger partial charge in [-0.1, -0.05) is 24.3 Å². The normalized spacial score (nSPS) is 20.1. The van der Waals surface area contributed by atoms with Gasteiger partial charge in [-0.15, -0.1) is 0 Å². The number of hydrogen-bond acceptors (Lipinski definition) is 2. The number of rotatable bonds is 5. The van der Waals surface area contributed by atoms with E-state index in [1.165, 1.54) is 37.1 Å². The lowest BCUT2D eigenvalue weighted by Crippen LogP contribution is -2.36. The average Bonchev–Trinajstić information content (AvgIpc) is 2.81. The van der Waals surface area contributed by atoms with Crippen molar-refractivity contribution in [2.24, 2.45) is 0 Å². The fraction of sp³-hybridized carbons (Fsp3) is 0.600. The van der Waals surface area contributed by atoms with E-state index in [-0.39, 0.29) is 0 Å². The number of nitrogens with one attached hydrogen (secondary N) is 1. The van der Waals surface area contributed by atoms with Crippen LogP contribution >= 0.6 is 0 Å². The monoisotopic (exact) mass is 232 g/mol. The van der Waals surface area contributed by atoms with E-state index in [1.54, 1.807) is 0 Å². The lowest BCUT2D eigenvalue weighted by Gasteiger charge is -2.21. The third kappa shape index (κ3) is 3.83. The fourth-order valence-corrected chi connectivity index (χ4v) is 2.58. The van der Waals surface area contributed by atoms with Crippen LogP contribution in [0, 0.1) is 6.92 Å². The summed E-state index contributed by atoms with van der Waals surface area (Å²) in [6.07, 6.45) is 3.85. The fourth-order valence-electron chi connectivity index (χ4n) is 2.58. The molecule has 1 saturated heterocycles. The molecule has 0 saturated carbocycles. The van der Waals surface area contributed by atoms with Crippen molar-refractivity contribution in [2.75, 3.05) is 26.7 Å². The second-order valence-corrected chi connectivity index (χ2v) is 5.23. The number of aryl methyl sites for hydroxylation is 1. The van der Waals surface area contributed by atoms with Gasteiger partial charge in [-0.05, 0) is 50.9 Å². The van der Waals surface area contributed by atoms with E-state index in [4.69, 9.17) is 0 Å². The third-order valence-electron chi connectivity index (χ3n) is 3.72. The molecule has 1 atom stereocenters. The van der Waals surface area contributed by atoms with Crippen LogP contribution in [0.2, 0.25) is 0 Å². The first kappa shape index (κ1) is 12.6. The molecule has 0 amide bonds. The zero-order chi connectivity index (χ0) is 12.1. The van der Waals surface area contributed by atoms with Gasteiger partial charge in [0.15, 0.2) is 0 Å². The van der Waals surface area contributed by atoms with Crippen molar-refractivity contribution in [3.63, 3.8) is 0 Å².